The normalized spacial score (nSPS) is 12.1. The van der Waals surface area contributed by atoms with Gasteiger partial charge < -0.3 is 9.72 Å². The molecule has 5 nitrogen and oxygen atoms in total. The van der Waals surface area contributed by atoms with Crippen LogP contribution in [0.5, 0.6) is 0 Å². The molecule has 6 heteroatoms. The van der Waals surface area contributed by atoms with Gasteiger partial charge >= 0.3 is 5.97 Å². The van der Waals surface area contributed by atoms with E-state index in [2.05, 4.69) is 42.0 Å². The first-order valence-corrected chi connectivity index (χ1v) is 9.81. The van der Waals surface area contributed by atoms with Gasteiger partial charge in [-0.3, -0.25) is 9.59 Å². The van der Waals surface area contributed by atoms with Gasteiger partial charge in [0.2, 0.25) is 0 Å². The summed E-state index contributed by atoms with van der Waals surface area (Å²) in [6.45, 7) is 5.86. The Kier molecular flexibility index (Phi) is 5.96. The summed E-state index contributed by atoms with van der Waals surface area (Å²) in [5, 5.41) is 0.518. The van der Waals surface area contributed by atoms with Gasteiger partial charge in [-0.15, -0.1) is 11.8 Å². The Balaban J connectivity index is 1.57. The number of fused-ring (bicyclic) bond motifs is 1. The number of esters is 1. The topological polar surface area (TPSA) is 72.0 Å². The van der Waals surface area contributed by atoms with Crippen LogP contribution in [0.1, 0.15) is 36.4 Å². The number of ether oxygens (including phenoxy) is 1. The van der Waals surface area contributed by atoms with Gasteiger partial charge in [0.05, 0.1) is 17.3 Å². The largest absolute Gasteiger partial charge is 0.454 e. The monoisotopic (exact) mass is 382 g/mol. The molecule has 0 unspecified atom stereocenters. The molecule has 0 spiro atoms. The number of hydrogen-bond donors (Lipinski definition) is 1. The maximum atomic E-state index is 12.1. The minimum atomic E-state index is -0.610. The number of H-pyrrole nitrogens is 1. The second-order valence-corrected chi connectivity index (χ2v) is 7.61. The van der Waals surface area contributed by atoms with Gasteiger partial charge in [0.25, 0.3) is 5.56 Å². The lowest BCUT2D eigenvalue weighted by molar-refractivity contribution is -0.148. The molecule has 1 aromatic heterocycles. The molecule has 0 bridgehead atoms. The Hall–Kier alpha value is -2.60. The lowest BCUT2D eigenvalue weighted by Gasteiger charge is -2.13. The van der Waals surface area contributed by atoms with E-state index in [1.54, 1.807) is 36.9 Å². The van der Waals surface area contributed by atoms with E-state index < -0.39 is 6.10 Å². The number of carbonyl (C=O) groups is 1. The maximum Gasteiger partial charge on any atom is 0.307 e. The van der Waals surface area contributed by atoms with E-state index in [1.807, 2.05) is 6.07 Å². The molecule has 0 aliphatic carbocycles. The first-order valence-electron chi connectivity index (χ1n) is 8.82. The predicted octanol–water partition coefficient (Wildman–Crippen LogP) is 4.33. The Morgan fingerprint density at radius 3 is 2.74 bits per heavy atom. The number of thioether (sulfide) groups is 1. The highest BCUT2D eigenvalue weighted by atomic mass is 32.2. The van der Waals surface area contributed by atoms with Crippen molar-refractivity contribution in [3.63, 3.8) is 0 Å². The standard InChI is InChI=1S/C21H22N2O3S/c1-13-8-9-16(12-14(13)2)27-11-10-19(24)26-15(3)20-22-18-7-5-4-6-17(18)21(25)23-20/h4-9,12,15H,10-11H2,1-3H3,(H,22,23,25)/t15-/m0/s1. The summed E-state index contributed by atoms with van der Waals surface area (Å²) >= 11 is 1.62. The third-order valence-electron chi connectivity index (χ3n) is 4.38. The van der Waals surface area contributed by atoms with Crippen molar-refractivity contribution in [1.82, 2.24) is 9.97 Å². The molecule has 0 aliphatic rings. The quantitative estimate of drug-likeness (QED) is 0.508. The lowest BCUT2D eigenvalue weighted by Crippen LogP contribution is -2.17. The van der Waals surface area contributed by atoms with Gasteiger partial charge in [-0.2, -0.15) is 0 Å². The van der Waals surface area contributed by atoms with E-state index in [-0.39, 0.29) is 11.5 Å². The van der Waals surface area contributed by atoms with Crippen LogP contribution < -0.4 is 5.56 Å². The van der Waals surface area contributed by atoms with Gasteiger partial charge in [-0.1, -0.05) is 18.2 Å². The Morgan fingerprint density at radius 1 is 1.19 bits per heavy atom. The number of nitrogens with zero attached hydrogens (tertiary/aromatic N) is 1. The molecule has 0 radical (unpaired) electrons. The van der Waals surface area contributed by atoms with Crippen LogP contribution in [0.4, 0.5) is 0 Å². The SMILES string of the molecule is Cc1ccc(SCCC(=O)O[C@@H](C)c2nc3ccccc3c(=O)[nH]2)cc1C. The van der Waals surface area contributed by atoms with Gasteiger partial charge in [-0.05, 0) is 56.2 Å². The van der Waals surface area contributed by atoms with Crippen LogP contribution in [-0.2, 0) is 9.53 Å². The number of rotatable bonds is 6. The second-order valence-electron chi connectivity index (χ2n) is 6.44. The average Bonchev–Trinajstić information content (AvgIpc) is 2.64. The van der Waals surface area contributed by atoms with Crippen molar-refractivity contribution in [3.05, 3.63) is 69.8 Å². The van der Waals surface area contributed by atoms with Gasteiger partial charge in [0.1, 0.15) is 0 Å². The lowest BCUT2D eigenvalue weighted by atomic mass is 10.1. The molecule has 0 saturated heterocycles. The van der Waals surface area contributed by atoms with Gasteiger partial charge in [0.15, 0.2) is 11.9 Å². The third kappa shape index (κ3) is 4.77. The van der Waals surface area contributed by atoms with E-state index in [1.165, 1.54) is 11.1 Å². The molecule has 140 valence electrons. The molecule has 2 aromatic carbocycles. The fraction of sp³-hybridized carbons (Fsp3) is 0.286. The molecule has 0 amide bonds. The number of aromatic amines is 1. The van der Waals surface area contributed by atoms with Crippen molar-refractivity contribution in [2.24, 2.45) is 0 Å². The maximum absolute atomic E-state index is 12.1. The van der Waals surface area contributed by atoms with Crippen LogP contribution >= 0.6 is 11.8 Å². The van der Waals surface area contributed by atoms with Crippen molar-refractivity contribution in [2.75, 3.05) is 5.75 Å². The Morgan fingerprint density at radius 2 is 1.96 bits per heavy atom. The van der Waals surface area contributed by atoms with E-state index in [0.29, 0.717) is 28.9 Å². The average molecular weight is 382 g/mol. The number of carbonyl (C=O) groups excluding carboxylic acids is 1. The molecule has 27 heavy (non-hydrogen) atoms. The van der Waals surface area contributed by atoms with E-state index in [4.69, 9.17) is 4.74 Å². The zero-order valence-corrected chi connectivity index (χ0v) is 16.4. The summed E-state index contributed by atoms with van der Waals surface area (Å²) in [5.41, 5.74) is 2.85. The molecule has 0 saturated carbocycles. The van der Waals surface area contributed by atoms with Crippen molar-refractivity contribution in [1.29, 1.82) is 0 Å². The zero-order valence-electron chi connectivity index (χ0n) is 15.6. The van der Waals surface area contributed by atoms with Crippen LogP contribution in [0.15, 0.2) is 52.2 Å². The molecule has 1 atom stereocenters. The van der Waals surface area contributed by atoms with E-state index in [0.717, 1.165) is 4.90 Å². The summed E-state index contributed by atoms with van der Waals surface area (Å²) in [6.07, 6.45) is -0.318. The summed E-state index contributed by atoms with van der Waals surface area (Å²) in [5.74, 6) is 0.680. The minimum Gasteiger partial charge on any atom is -0.454 e. The van der Waals surface area contributed by atoms with Crippen LogP contribution in [0, 0.1) is 13.8 Å². The zero-order chi connectivity index (χ0) is 19.4. The number of aromatic nitrogens is 2. The Labute approximate surface area is 162 Å². The number of nitrogens with one attached hydrogen (secondary N) is 1. The number of aryl methyl sites for hydroxylation is 2. The molecule has 3 aromatic rings. The fourth-order valence-corrected chi connectivity index (χ4v) is 3.59. The summed E-state index contributed by atoms with van der Waals surface area (Å²) in [4.78, 5) is 32.5. The van der Waals surface area contributed by atoms with Crippen molar-refractivity contribution in [2.45, 2.75) is 38.2 Å². The van der Waals surface area contributed by atoms with Crippen molar-refractivity contribution < 1.29 is 9.53 Å². The van der Waals surface area contributed by atoms with E-state index in [9.17, 15) is 9.59 Å². The highest BCUT2D eigenvalue weighted by Crippen LogP contribution is 2.22. The first kappa shape index (κ1) is 19.2. The molecule has 3 rings (SSSR count). The molecule has 0 aliphatic heterocycles. The number of para-hydroxylation sites is 1. The smallest absolute Gasteiger partial charge is 0.307 e. The van der Waals surface area contributed by atoms with Crippen LogP contribution in [-0.4, -0.2) is 21.7 Å². The van der Waals surface area contributed by atoms with E-state index >= 15 is 0 Å². The van der Waals surface area contributed by atoms with Crippen molar-refractivity contribution >= 4 is 28.6 Å². The summed E-state index contributed by atoms with van der Waals surface area (Å²) < 4.78 is 5.44. The second kappa shape index (κ2) is 8.39. The number of hydrogen-bond acceptors (Lipinski definition) is 5. The first-order chi connectivity index (χ1) is 12.9. The highest BCUT2D eigenvalue weighted by Gasteiger charge is 2.15. The van der Waals surface area contributed by atoms with Gasteiger partial charge in [0, 0.05) is 10.6 Å². The van der Waals surface area contributed by atoms with Crippen molar-refractivity contribution in [3.8, 4) is 0 Å². The summed E-state index contributed by atoms with van der Waals surface area (Å²) in [7, 11) is 0. The molecule has 0 fully saturated rings. The predicted molar refractivity (Wildman–Crippen MR) is 108 cm³/mol. The minimum absolute atomic E-state index is 0.233. The highest BCUT2D eigenvalue weighted by molar-refractivity contribution is 7.99. The third-order valence-corrected chi connectivity index (χ3v) is 5.37. The van der Waals surface area contributed by atoms with Gasteiger partial charge in [-0.25, -0.2) is 4.98 Å². The number of benzene rings is 2. The van der Waals surface area contributed by atoms with Crippen LogP contribution in [0.2, 0.25) is 0 Å². The van der Waals surface area contributed by atoms with Crippen LogP contribution in [0.25, 0.3) is 10.9 Å². The molecular weight excluding hydrogens is 360 g/mol. The fourth-order valence-electron chi connectivity index (χ4n) is 2.66. The molecule has 1 N–H and O–H groups in total. The summed E-state index contributed by atoms with van der Waals surface area (Å²) in [6, 6.07) is 13.4. The Bertz CT molecular complexity index is 1030. The van der Waals surface area contributed by atoms with Crippen LogP contribution in [0.3, 0.4) is 0 Å². The molecular formula is C21H22N2O3S. The molecule has 1 heterocycles.